The van der Waals surface area contributed by atoms with Gasteiger partial charge in [-0.2, -0.15) is 5.10 Å². The molecule has 144 valence electrons. The second kappa shape index (κ2) is 10.4. The number of nitrogens with one attached hydrogen (secondary N) is 1. The minimum Gasteiger partial charge on any atom is -0.494 e. The zero-order valence-electron chi connectivity index (χ0n) is 16.5. The largest absolute Gasteiger partial charge is 0.494 e. The van der Waals surface area contributed by atoms with E-state index >= 15 is 0 Å². The normalized spacial score (nSPS) is 11.4. The van der Waals surface area contributed by atoms with Gasteiger partial charge >= 0.3 is 0 Å². The summed E-state index contributed by atoms with van der Waals surface area (Å²) in [7, 11) is 0. The van der Waals surface area contributed by atoms with Crippen LogP contribution in [0.3, 0.4) is 0 Å². The molecule has 2 rings (SSSR count). The van der Waals surface area contributed by atoms with Crippen LogP contribution >= 0.6 is 0 Å². The van der Waals surface area contributed by atoms with E-state index in [1.807, 2.05) is 50.2 Å². The van der Waals surface area contributed by atoms with Crippen molar-refractivity contribution in [1.82, 2.24) is 5.43 Å². The van der Waals surface area contributed by atoms with Crippen LogP contribution < -0.4 is 14.9 Å². The number of hydrogen-bond acceptors (Lipinski definition) is 4. The Morgan fingerprint density at radius 2 is 1.59 bits per heavy atom. The first-order valence-corrected chi connectivity index (χ1v) is 9.26. The predicted octanol–water partition coefficient (Wildman–Crippen LogP) is 4.82. The van der Waals surface area contributed by atoms with E-state index in [0.29, 0.717) is 24.7 Å². The van der Waals surface area contributed by atoms with Gasteiger partial charge in [0.25, 0.3) is 5.91 Å². The summed E-state index contributed by atoms with van der Waals surface area (Å²) in [6.07, 6.45) is 0.863. The van der Waals surface area contributed by atoms with Gasteiger partial charge in [0.15, 0.2) is 0 Å². The molecule has 0 saturated heterocycles. The highest BCUT2D eigenvalue weighted by Crippen LogP contribution is 2.18. The molecule has 2 aromatic carbocycles. The summed E-state index contributed by atoms with van der Waals surface area (Å²) in [5.41, 5.74) is 5.07. The fourth-order valence-corrected chi connectivity index (χ4v) is 2.56. The van der Waals surface area contributed by atoms with E-state index in [-0.39, 0.29) is 5.91 Å². The van der Waals surface area contributed by atoms with Gasteiger partial charge in [-0.1, -0.05) is 26.0 Å². The molecule has 0 aromatic heterocycles. The Labute approximate surface area is 161 Å². The van der Waals surface area contributed by atoms with E-state index in [1.165, 1.54) is 0 Å². The zero-order valence-corrected chi connectivity index (χ0v) is 16.5. The standard InChI is InChI=1S/C22H28N2O3/c1-5-26-20-10-12-21(13-11-20)27-15-18-6-8-19(9-7-18)22(25)24-23-17(4)14-16(2)3/h6-13,16H,5,14-15H2,1-4H3,(H,24,25). The molecule has 5 nitrogen and oxygen atoms in total. The number of ether oxygens (including phenoxy) is 2. The van der Waals surface area contributed by atoms with Crippen LogP contribution in [0.2, 0.25) is 0 Å². The topological polar surface area (TPSA) is 59.9 Å². The van der Waals surface area contributed by atoms with Gasteiger partial charge in [0.1, 0.15) is 18.1 Å². The maximum Gasteiger partial charge on any atom is 0.271 e. The number of benzene rings is 2. The highest BCUT2D eigenvalue weighted by molar-refractivity contribution is 5.95. The monoisotopic (exact) mass is 368 g/mol. The Kier molecular flexibility index (Phi) is 7.86. The van der Waals surface area contributed by atoms with Crippen LogP contribution in [-0.2, 0) is 6.61 Å². The Balaban J connectivity index is 1.86. The van der Waals surface area contributed by atoms with Crippen molar-refractivity contribution in [2.24, 2.45) is 11.0 Å². The lowest BCUT2D eigenvalue weighted by molar-refractivity contribution is 0.0954. The third kappa shape index (κ3) is 7.13. The second-order valence-corrected chi connectivity index (χ2v) is 6.78. The molecule has 0 fully saturated rings. The summed E-state index contributed by atoms with van der Waals surface area (Å²) in [4.78, 5) is 12.1. The molecule has 0 unspecified atom stereocenters. The SMILES string of the molecule is CCOc1ccc(OCc2ccc(C(=O)NN=C(C)CC(C)C)cc2)cc1. The van der Waals surface area contributed by atoms with E-state index in [1.54, 1.807) is 12.1 Å². The van der Waals surface area contributed by atoms with Crippen molar-refractivity contribution in [2.75, 3.05) is 6.61 Å². The molecule has 5 heteroatoms. The molecule has 1 amide bonds. The number of hydrogen-bond donors (Lipinski definition) is 1. The van der Waals surface area contributed by atoms with Crippen molar-refractivity contribution in [3.63, 3.8) is 0 Å². The van der Waals surface area contributed by atoms with E-state index in [0.717, 1.165) is 29.2 Å². The molecule has 0 aliphatic heterocycles. The summed E-state index contributed by atoms with van der Waals surface area (Å²) in [5.74, 6) is 1.90. The highest BCUT2D eigenvalue weighted by Gasteiger charge is 2.06. The van der Waals surface area contributed by atoms with Crippen LogP contribution in [0.15, 0.2) is 53.6 Å². The van der Waals surface area contributed by atoms with Gasteiger partial charge in [0, 0.05) is 11.3 Å². The third-order valence-electron chi connectivity index (χ3n) is 3.81. The highest BCUT2D eigenvalue weighted by atomic mass is 16.5. The summed E-state index contributed by atoms with van der Waals surface area (Å²) in [6.45, 7) is 9.18. The Hall–Kier alpha value is -2.82. The maximum absolute atomic E-state index is 12.1. The van der Waals surface area contributed by atoms with Crippen molar-refractivity contribution < 1.29 is 14.3 Å². The fourth-order valence-electron chi connectivity index (χ4n) is 2.56. The first kappa shape index (κ1) is 20.5. The van der Waals surface area contributed by atoms with Gasteiger partial charge in [-0.05, 0) is 68.1 Å². The number of hydrazone groups is 1. The lowest BCUT2D eigenvalue weighted by Gasteiger charge is -2.08. The minimum absolute atomic E-state index is 0.211. The van der Waals surface area contributed by atoms with Crippen molar-refractivity contribution in [1.29, 1.82) is 0 Å². The fraction of sp³-hybridized carbons (Fsp3) is 0.364. The summed E-state index contributed by atoms with van der Waals surface area (Å²) in [6, 6.07) is 14.8. The number of carbonyl (C=O) groups excluding carboxylic acids is 1. The molecule has 0 saturated carbocycles. The molecule has 2 aromatic rings. The number of nitrogens with zero attached hydrogens (tertiary/aromatic N) is 1. The second-order valence-electron chi connectivity index (χ2n) is 6.78. The first-order chi connectivity index (χ1) is 13.0. The van der Waals surface area contributed by atoms with Gasteiger partial charge < -0.3 is 9.47 Å². The molecule has 0 spiro atoms. The van der Waals surface area contributed by atoms with E-state index in [9.17, 15) is 4.79 Å². The van der Waals surface area contributed by atoms with Crippen LogP contribution in [0.25, 0.3) is 0 Å². The van der Waals surface area contributed by atoms with Crippen molar-refractivity contribution in [2.45, 2.75) is 40.7 Å². The lowest BCUT2D eigenvalue weighted by Crippen LogP contribution is -2.19. The summed E-state index contributed by atoms with van der Waals surface area (Å²) >= 11 is 0. The molecule has 0 aliphatic carbocycles. The number of amides is 1. The Bertz CT molecular complexity index is 750. The lowest BCUT2D eigenvalue weighted by atomic mass is 10.1. The van der Waals surface area contributed by atoms with Gasteiger partial charge in [0.2, 0.25) is 0 Å². The van der Waals surface area contributed by atoms with Crippen molar-refractivity contribution in [3.8, 4) is 11.5 Å². The van der Waals surface area contributed by atoms with E-state index < -0.39 is 0 Å². The van der Waals surface area contributed by atoms with Crippen molar-refractivity contribution in [3.05, 3.63) is 59.7 Å². The Morgan fingerprint density at radius 3 is 2.15 bits per heavy atom. The zero-order chi connectivity index (χ0) is 19.6. The average Bonchev–Trinajstić information content (AvgIpc) is 2.66. The van der Waals surface area contributed by atoms with E-state index in [2.05, 4.69) is 24.4 Å². The predicted molar refractivity (Wildman–Crippen MR) is 108 cm³/mol. The number of carbonyl (C=O) groups is 1. The first-order valence-electron chi connectivity index (χ1n) is 9.26. The van der Waals surface area contributed by atoms with Crippen molar-refractivity contribution >= 4 is 11.6 Å². The molecular weight excluding hydrogens is 340 g/mol. The molecule has 0 atom stereocenters. The molecular formula is C22H28N2O3. The molecule has 0 heterocycles. The molecule has 0 bridgehead atoms. The van der Waals surface area contributed by atoms with Crippen LogP contribution in [0, 0.1) is 5.92 Å². The summed E-state index contributed by atoms with van der Waals surface area (Å²) < 4.78 is 11.2. The molecule has 0 aliphatic rings. The van der Waals surface area contributed by atoms with E-state index in [4.69, 9.17) is 9.47 Å². The van der Waals surface area contributed by atoms with Gasteiger partial charge in [-0.3, -0.25) is 4.79 Å². The maximum atomic E-state index is 12.1. The third-order valence-corrected chi connectivity index (χ3v) is 3.81. The average molecular weight is 368 g/mol. The van der Waals surface area contributed by atoms with Crippen LogP contribution in [0.1, 0.15) is 50.0 Å². The smallest absolute Gasteiger partial charge is 0.271 e. The number of rotatable bonds is 9. The van der Waals surface area contributed by atoms with Gasteiger partial charge in [-0.15, -0.1) is 0 Å². The van der Waals surface area contributed by atoms with Crippen LogP contribution in [0.4, 0.5) is 0 Å². The van der Waals surface area contributed by atoms with Crippen LogP contribution in [-0.4, -0.2) is 18.2 Å². The molecule has 27 heavy (non-hydrogen) atoms. The molecule has 1 N–H and O–H groups in total. The van der Waals surface area contributed by atoms with Gasteiger partial charge in [-0.25, -0.2) is 5.43 Å². The summed E-state index contributed by atoms with van der Waals surface area (Å²) in [5, 5.41) is 4.14. The quantitative estimate of drug-likeness (QED) is 0.510. The molecule has 0 radical (unpaired) electrons. The van der Waals surface area contributed by atoms with Gasteiger partial charge in [0.05, 0.1) is 6.61 Å². The van der Waals surface area contributed by atoms with Crippen LogP contribution in [0.5, 0.6) is 11.5 Å². The minimum atomic E-state index is -0.211. The Morgan fingerprint density at radius 1 is 1.00 bits per heavy atom.